The van der Waals surface area contributed by atoms with Crippen LogP contribution in [0.25, 0.3) is 0 Å². The Hall–Kier alpha value is -1.82. The van der Waals surface area contributed by atoms with Gasteiger partial charge in [-0.3, -0.25) is 9.48 Å². The van der Waals surface area contributed by atoms with Crippen molar-refractivity contribution in [2.75, 3.05) is 6.54 Å². The maximum Gasteiger partial charge on any atom is 0.251 e. The van der Waals surface area contributed by atoms with Gasteiger partial charge in [-0.15, -0.1) is 17.7 Å². The molecule has 0 atom stereocenters. The number of thiol groups is 1. The fourth-order valence-corrected chi connectivity index (χ4v) is 1.65. The summed E-state index contributed by atoms with van der Waals surface area (Å²) in [6.07, 6.45) is 1.84. The monoisotopic (exact) mass is 262 g/mol. The minimum atomic E-state index is -0.0971. The maximum atomic E-state index is 11.8. The fourth-order valence-electron chi connectivity index (χ4n) is 1.50. The number of aryl methyl sites for hydroxylation is 1. The van der Waals surface area contributed by atoms with E-state index >= 15 is 0 Å². The van der Waals surface area contributed by atoms with Crippen molar-refractivity contribution in [1.29, 1.82) is 0 Å². The maximum absolute atomic E-state index is 11.8. The van der Waals surface area contributed by atoms with Crippen molar-refractivity contribution in [2.24, 2.45) is 0 Å². The number of aromatic nitrogens is 3. The Kier molecular flexibility index (Phi) is 3.99. The zero-order chi connectivity index (χ0) is 13.0. The second-order valence-corrected chi connectivity index (χ2v) is 4.44. The van der Waals surface area contributed by atoms with Crippen molar-refractivity contribution in [1.82, 2.24) is 20.3 Å². The molecule has 1 heterocycles. The van der Waals surface area contributed by atoms with Crippen LogP contribution in [0.1, 0.15) is 16.1 Å². The average molecular weight is 262 g/mol. The largest absolute Gasteiger partial charge is 0.350 e. The molecule has 0 aliphatic carbocycles. The van der Waals surface area contributed by atoms with Crippen molar-refractivity contribution in [3.63, 3.8) is 0 Å². The van der Waals surface area contributed by atoms with Crippen LogP contribution in [0.3, 0.4) is 0 Å². The minimum absolute atomic E-state index is 0.0971. The zero-order valence-electron chi connectivity index (χ0n) is 10.00. The van der Waals surface area contributed by atoms with Crippen LogP contribution >= 0.6 is 12.6 Å². The molecule has 18 heavy (non-hydrogen) atoms. The third-order valence-corrected chi connectivity index (χ3v) is 2.71. The van der Waals surface area contributed by atoms with Gasteiger partial charge in [0.2, 0.25) is 0 Å². The van der Waals surface area contributed by atoms with E-state index in [4.69, 9.17) is 0 Å². The molecule has 1 amide bonds. The normalized spacial score (nSPS) is 10.3. The molecule has 6 heteroatoms. The topological polar surface area (TPSA) is 59.8 Å². The van der Waals surface area contributed by atoms with Crippen LogP contribution < -0.4 is 5.32 Å². The number of carbonyl (C=O) groups is 1. The smallest absolute Gasteiger partial charge is 0.251 e. The van der Waals surface area contributed by atoms with Gasteiger partial charge in [0.05, 0.1) is 12.2 Å². The minimum Gasteiger partial charge on any atom is -0.350 e. The highest BCUT2D eigenvalue weighted by atomic mass is 32.1. The van der Waals surface area contributed by atoms with Crippen molar-refractivity contribution in [3.05, 3.63) is 41.7 Å². The highest BCUT2D eigenvalue weighted by Crippen LogP contribution is 2.07. The molecule has 0 unspecified atom stereocenters. The molecule has 1 aromatic carbocycles. The van der Waals surface area contributed by atoms with Crippen LogP contribution in [0.4, 0.5) is 0 Å². The van der Waals surface area contributed by atoms with Gasteiger partial charge in [-0.2, -0.15) is 0 Å². The number of carbonyl (C=O) groups excluding carboxylic acids is 1. The van der Waals surface area contributed by atoms with Gasteiger partial charge in [-0.1, -0.05) is 5.21 Å². The van der Waals surface area contributed by atoms with Gasteiger partial charge in [0.25, 0.3) is 5.91 Å². The SMILES string of the molecule is Cc1cn(CCNC(=O)c2ccc(S)cc2)nn1. The zero-order valence-corrected chi connectivity index (χ0v) is 10.9. The van der Waals surface area contributed by atoms with E-state index in [0.29, 0.717) is 18.7 Å². The summed E-state index contributed by atoms with van der Waals surface area (Å²) in [6, 6.07) is 7.08. The molecular formula is C12H14N4OS. The summed E-state index contributed by atoms with van der Waals surface area (Å²) >= 11 is 4.17. The quantitative estimate of drug-likeness (QED) is 0.817. The molecule has 0 saturated carbocycles. The van der Waals surface area contributed by atoms with Crippen LogP contribution in [-0.2, 0) is 6.54 Å². The molecule has 94 valence electrons. The molecule has 0 saturated heterocycles. The second-order valence-electron chi connectivity index (χ2n) is 3.93. The van der Waals surface area contributed by atoms with Crippen molar-refractivity contribution in [3.8, 4) is 0 Å². The van der Waals surface area contributed by atoms with Crippen LogP contribution in [0.15, 0.2) is 35.4 Å². The van der Waals surface area contributed by atoms with Crippen LogP contribution in [0, 0.1) is 6.92 Å². The Morgan fingerprint density at radius 2 is 2.11 bits per heavy atom. The number of hydrogen-bond acceptors (Lipinski definition) is 4. The van der Waals surface area contributed by atoms with Crippen molar-refractivity contribution in [2.45, 2.75) is 18.4 Å². The van der Waals surface area contributed by atoms with E-state index in [-0.39, 0.29) is 5.91 Å². The molecular weight excluding hydrogens is 248 g/mol. The summed E-state index contributed by atoms with van der Waals surface area (Å²) in [6.45, 7) is 3.00. The van der Waals surface area contributed by atoms with Crippen LogP contribution in [0.2, 0.25) is 0 Å². The van der Waals surface area contributed by atoms with Crippen LogP contribution in [-0.4, -0.2) is 27.4 Å². The van der Waals surface area contributed by atoms with E-state index < -0.39 is 0 Å². The predicted molar refractivity (Wildman–Crippen MR) is 70.8 cm³/mol. The Balaban J connectivity index is 1.83. The molecule has 2 aromatic rings. The summed E-state index contributed by atoms with van der Waals surface area (Å²) in [5.74, 6) is -0.0971. The van der Waals surface area contributed by atoms with Gasteiger partial charge in [-0.25, -0.2) is 0 Å². The first-order chi connectivity index (χ1) is 8.65. The number of rotatable bonds is 4. The molecule has 0 aliphatic rings. The number of nitrogens with zero attached hydrogens (tertiary/aromatic N) is 3. The molecule has 0 bridgehead atoms. The van der Waals surface area contributed by atoms with E-state index in [9.17, 15) is 4.79 Å². The summed E-state index contributed by atoms with van der Waals surface area (Å²) in [7, 11) is 0. The first-order valence-electron chi connectivity index (χ1n) is 5.59. The number of amides is 1. The second kappa shape index (κ2) is 5.68. The molecule has 1 N–H and O–H groups in total. The molecule has 5 nitrogen and oxygen atoms in total. The molecule has 1 aromatic heterocycles. The lowest BCUT2D eigenvalue weighted by Crippen LogP contribution is -2.27. The molecule has 0 radical (unpaired) electrons. The van der Waals surface area contributed by atoms with Gasteiger partial charge in [-0.05, 0) is 31.2 Å². The standard InChI is InChI=1S/C12H14N4OS/c1-9-8-16(15-14-9)7-6-13-12(17)10-2-4-11(18)5-3-10/h2-5,8,18H,6-7H2,1H3,(H,13,17). The average Bonchev–Trinajstić information content (AvgIpc) is 2.76. The Morgan fingerprint density at radius 1 is 1.39 bits per heavy atom. The Bertz CT molecular complexity index is 535. The van der Waals surface area contributed by atoms with Gasteiger partial charge in [0, 0.05) is 23.2 Å². The van der Waals surface area contributed by atoms with E-state index in [1.54, 1.807) is 28.9 Å². The van der Waals surface area contributed by atoms with Crippen molar-refractivity contribution >= 4 is 18.5 Å². The Labute approximate surface area is 111 Å². The molecule has 0 spiro atoms. The molecule has 2 rings (SSSR count). The van der Waals surface area contributed by atoms with Gasteiger partial charge >= 0.3 is 0 Å². The van der Waals surface area contributed by atoms with Crippen molar-refractivity contribution < 1.29 is 4.79 Å². The lowest BCUT2D eigenvalue weighted by molar-refractivity contribution is 0.0952. The third kappa shape index (κ3) is 3.33. The summed E-state index contributed by atoms with van der Waals surface area (Å²) in [5, 5.41) is 10.6. The Morgan fingerprint density at radius 3 is 2.72 bits per heavy atom. The highest BCUT2D eigenvalue weighted by Gasteiger charge is 2.04. The van der Waals surface area contributed by atoms with Gasteiger partial charge in [0.1, 0.15) is 0 Å². The highest BCUT2D eigenvalue weighted by molar-refractivity contribution is 7.80. The summed E-state index contributed by atoms with van der Waals surface area (Å²) < 4.78 is 1.70. The fraction of sp³-hybridized carbons (Fsp3) is 0.250. The number of hydrogen-bond donors (Lipinski definition) is 2. The third-order valence-electron chi connectivity index (χ3n) is 2.41. The van der Waals surface area contributed by atoms with Crippen LogP contribution in [0.5, 0.6) is 0 Å². The summed E-state index contributed by atoms with van der Waals surface area (Å²) in [5.41, 5.74) is 1.49. The van der Waals surface area contributed by atoms with E-state index in [0.717, 1.165) is 10.6 Å². The van der Waals surface area contributed by atoms with E-state index in [1.807, 2.05) is 13.1 Å². The first-order valence-corrected chi connectivity index (χ1v) is 6.04. The lowest BCUT2D eigenvalue weighted by Gasteiger charge is -2.05. The number of benzene rings is 1. The summed E-state index contributed by atoms with van der Waals surface area (Å²) in [4.78, 5) is 12.6. The van der Waals surface area contributed by atoms with Gasteiger partial charge < -0.3 is 5.32 Å². The lowest BCUT2D eigenvalue weighted by atomic mass is 10.2. The molecule has 0 fully saturated rings. The first kappa shape index (κ1) is 12.6. The predicted octanol–water partition coefficient (Wildman–Crippen LogP) is 1.31. The number of nitrogens with one attached hydrogen (secondary N) is 1. The van der Waals surface area contributed by atoms with E-state index in [1.165, 1.54) is 0 Å². The van der Waals surface area contributed by atoms with Gasteiger partial charge in [0.15, 0.2) is 0 Å². The molecule has 0 aliphatic heterocycles. The van der Waals surface area contributed by atoms with E-state index in [2.05, 4.69) is 28.3 Å².